The summed E-state index contributed by atoms with van der Waals surface area (Å²) < 4.78 is 18.1. The number of hydrogen-bond acceptors (Lipinski definition) is 2. The number of nitrogens with two attached hydrogens (primary N) is 1. The number of rotatable bonds is 4. The van der Waals surface area contributed by atoms with Crippen molar-refractivity contribution in [3.8, 4) is 0 Å². The summed E-state index contributed by atoms with van der Waals surface area (Å²) in [5.74, 6) is 0.851. The maximum absolute atomic E-state index is 12.8. The molecule has 84 valence electrons. The van der Waals surface area contributed by atoms with Gasteiger partial charge in [0.1, 0.15) is 11.6 Å². The van der Waals surface area contributed by atoms with Crippen LogP contribution in [0.5, 0.6) is 0 Å². The molecule has 1 atom stereocenters. The third-order valence-corrected chi connectivity index (χ3v) is 2.65. The minimum Gasteiger partial charge on any atom is -0.469 e. The predicted molar refractivity (Wildman–Crippen MR) is 60.6 cm³/mol. The maximum Gasteiger partial charge on any atom is 0.123 e. The van der Waals surface area contributed by atoms with Gasteiger partial charge in [-0.25, -0.2) is 4.39 Å². The summed E-state index contributed by atoms with van der Waals surface area (Å²) in [4.78, 5) is 0. The summed E-state index contributed by atoms with van der Waals surface area (Å²) in [5.41, 5.74) is 6.77. The standard InChI is InChI=1S/C13H14FNO/c14-12-5-3-10(4-6-12)11(9-15)8-13-2-1-7-16-13/h1-7,11H,8-9,15H2. The second kappa shape index (κ2) is 4.94. The normalized spacial score (nSPS) is 12.6. The van der Waals surface area contributed by atoms with Gasteiger partial charge in [-0.05, 0) is 36.4 Å². The van der Waals surface area contributed by atoms with Crippen LogP contribution in [0, 0.1) is 5.82 Å². The Kier molecular flexibility index (Phi) is 3.37. The van der Waals surface area contributed by atoms with Crippen LogP contribution in [0.25, 0.3) is 0 Å². The molecule has 0 radical (unpaired) electrons. The van der Waals surface area contributed by atoms with Crippen molar-refractivity contribution in [1.29, 1.82) is 0 Å². The van der Waals surface area contributed by atoms with Gasteiger partial charge in [0.25, 0.3) is 0 Å². The molecular formula is C13H14FNO. The van der Waals surface area contributed by atoms with Gasteiger partial charge in [-0.15, -0.1) is 0 Å². The zero-order valence-corrected chi connectivity index (χ0v) is 8.90. The molecule has 2 nitrogen and oxygen atoms in total. The van der Waals surface area contributed by atoms with Crippen molar-refractivity contribution >= 4 is 0 Å². The molecule has 0 saturated heterocycles. The Morgan fingerprint density at radius 1 is 1.19 bits per heavy atom. The fraction of sp³-hybridized carbons (Fsp3) is 0.231. The quantitative estimate of drug-likeness (QED) is 0.858. The van der Waals surface area contributed by atoms with Gasteiger partial charge in [0, 0.05) is 12.3 Å². The monoisotopic (exact) mass is 219 g/mol. The van der Waals surface area contributed by atoms with Crippen molar-refractivity contribution in [3.05, 3.63) is 59.8 Å². The number of hydrogen-bond donors (Lipinski definition) is 1. The lowest BCUT2D eigenvalue weighted by Gasteiger charge is -2.13. The Labute approximate surface area is 93.9 Å². The third-order valence-electron chi connectivity index (χ3n) is 2.65. The molecule has 0 bridgehead atoms. The summed E-state index contributed by atoms with van der Waals surface area (Å²) in [6.45, 7) is 0.520. The van der Waals surface area contributed by atoms with Gasteiger partial charge in [0.05, 0.1) is 6.26 Å². The fourth-order valence-electron chi connectivity index (χ4n) is 1.74. The van der Waals surface area contributed by atoms with Crippen LogP contribution in [-0.4, -0.2) is 6.54 Å². The van der Waals surface area contributed by atoms with Crippen LogP contribution in [0.1, 0.15) is 17.2 Å². The molecule has 2 aromatic rings. The summed E-state index contributed by atoms with van der Waals surface area (Å²) in [5, 5.41) is 0. The lowest BCUT2D eigenvalue weighted by Crippen LogP contribution is -2.14. The lowest BCUT2D eigenvalue weighted by atomic mass is 9.95. The van der Waals surface area contributed by atoms with Crippen molar-refractivity contribution in [2.24, 2.45) is 5.73 Å². The topological polar surface area (TPSA) is 39.2 Å². The first-order chi connectivity index (χ1) is 7.79. The minimum atomic E-state index is -0.225. The molecule has 0 fully saturated rings. The molecule has 0 saturated carbocycles. The largest absolute Gasteiger partial charge is 0.469 e. The molecule has 1 aromatic heterocycles. The first-order valence-corrected chi connectivity index (χ1v) is 5.27. The van der Waals surface area contributed by atoms with Gasteiger partial charge in [-0.1, -0.05) is 12.1 Å². The van der Waals surface area contributed by atoms with Gasteiger partial charge in [-0.2, -0.15) is 0 Å². The van der Waals surface area contributed by atoms with Gasteiger partial charge in [0.2, 0.25) is 0 Å². The van der Waals surface area contributed by atoms with Gasteiger partial charge < -0.3 is 10.2 Å². The summed E-state index contributed by atoms with van der Waals surface area (Å²) >= 11 is 0. The Bertz CT molecular complexity index is 422. The molecule has 3 heteroatoms. The Morgan fingerprint density at radius 3 is 2.50 bits per heavy atom. The van der Waals surface area contributed by atoms with Crippen molar-refractivity contribution in [1.82, 2.24) is 0 Å². The minimum absolute atomic E-state index is 0.173. The average molecular weight is 219 g/mol. The number of furan rings is 1. The predicted octanol–water partition coefficient (Wildman–Crippen LogP) is 2.70. The Balaban J connectivity index is 2.13. The second-order valence-electron chi connectivity index (χ2n) is 3.77. The van der Waals surface area contributed by atoms with E-state index in [4.69, 9.17) is 10.2 Å². The Morgan fingerprint density at radius 2 is 1.94 bits per heavy atom. The maximum atomic E-state index is 12.8. The van der Waals surface area contributed by atoms with Gasteiger partial charge >= 0.3 is 0 Å². The Hall–Kier alpha value is -1.61. The van der Waals surface area contributed by atoms with E-state index in [1.165, 1.54) is 12.1 Å². The lowest BCUT2D eigenvalue weighted by molar-refractivity contribution is 0.486. The van der Waals surface area contributed by atoms with Crippen LogP contribution in [0.4, 0.5) is 4.39 Å². The molecular weight excluding hydrogens is 205 g/mol. The molecule has 1 heterocycles. The van der Waals surface area contributed by atoms with E-state index in [2.05, 4.69) is 0 Å². The molecule has 0 spiro atoms. The SMILES string of the molecule is NCC(Cc1ccco1)c1ccc(F)cc1. The van der Waals surface area contributed by atoms with Crippen molar-refractivity contribution < 1.29 is 8.81 Å². The van der Waals surface area contributed by atoms with Crippen LogP contribution in [0.2, 0.25) is 0 Å². The van der Waals surface area contributed by atoms with Crippen molar-refractivity contribution in [2.45, 2.75) is 12.3 Å². The molecule has 2 N–H and O–H groups in total. The van der Waals surface area contributed by atoms with Gasteiger partial charge in [0.15, 0.2) is 0 Å². The third kappa shape index (κ3) is 2.49. The van der Waals surface area contributed by atoms with Crippen LogP contribution in [0.15, 0.2) is 47.1 Å². The molecule has 0 aliphatic carbocycles. The highest BCUT2D eigenvalue weighted by Gasteiger charge is 2.12. The van der Waals surface area contributed by atoms with Gasteiger partial charge in [-0.3, -0.25) is 0 Å². The highest BCUT2D eigenvalue weighted by atomic mass is 19.1. The smallest absolute Gasteiger partial charge is 0.123 e. The van der Waals surface area contributed by atoms with E-state index >= 15 is 0 Å². The molecule has 0 aliphatic heterocycles. The van der Waals surface area contributed by atoms with E-state index in [0.29, 0.717) is 6.54 Å². The first-order valence-electron chi connectivity index (χ1n) is 5.27. The van der Waals surface area contributed by atoms with E-state index in [1.54, 1.807) is 18.4 Å². The number of benzene rings is 1. The molecule has 1 aromatic carbocycles. The molecule has 2 rings (SSSR count). The van der Waals surface area contributed by atoms with E-state index in [-0.39, 0.29) is 11.7 Å². The highest BCUT2D eigenvalue weighted by Crippen LogP contribution is 2.20. The van der Waals surface area contributed by atoms with Crippen LogP contribution in [0.3, 0.4) is 0 Å². The average Bonchev–Trinajstić information content (AvgIpc) is 2.80. The van der Waals surface area contributed by atoms with Crippen LogP contribution >= 0.6 is 0 Å². The van der Waals surface area contributed by atoms with E-state index in [1.807, 2.05) is 12.1 Å². The van der Waals surface area contributed by atoms with Crippen LogP contribution in [-0.2, 0) is 6.42 Å². The summed E-state index contributed by atoms with van der Waals surface area (Å²) in [7, 11) is 0. The highest BCUT2D eigenvalue weighted by molar-refractivity contribution is 5.22. The number of halogens is 1. The van der Waals surface area contributed by atoms with E-state index in [0.717, 1.165) is 17.7 Å². The van der Waals surface area contributed by atoms with Crippen molar-refractivity contribution in [2.75, 3.05) is 6.54 Å². The van der Waals surface area contributed by atoms with E-state index < -0.39 is 0 Å². The molecule has 0 aliphatic rings. The second-order valence-corrected chi connectivity index (χ2v) is 3.77. The zero-order chi connectivity index (χ0) is 11.4. The first kappa shape index (κ1) is 10.9. The molecule has 1 unspecified atom stereocenters. The summed E-state index contributed by atoms with van der Waals surface area (Å²) in [6, 6.07) is 10.2. The summed E-state index contributed by atoms with van der Waals surface area (Å²) in [6.07, 6.45) is 2.39. The van der Waals surface area contributed by atoms with Crippen molar-refractivity contribution in [3.63, 3.8) is 0 Å². The molecule has 0 amide bonds. The molecule has 16 heavy (non-hydrogen) atoms. The van der Waals surface area contributed by atoms with E-state index in [9.17, 15) is 4.39 Å². The zero-order valence-electron chi connectivity index (χ0n) is 8.90. The van der Waals surface area contributed by atoms with Crippen LogP contribution < -0.4 is 5.73 Å². The fourth-order valence-corrected chi connectivity index (χ4v) is 1.74.